The lowest BCUT2D eigenvalue weighted by atomic mass is 10.1. The van der Waals surface area contributed by atoms with E-state index in [0.717, 1.165) is 12.0 Å². The van der Waals surface area contributed by atoms with Crippen molar-refractivity contribution in [1.82, 2.24) is 0 Å². The standard InChI is InChI=1S/C17H19NO4S/c1-4-13-6-5-7-14(9-13)18-23(21,22)16-10-15(17(19)20)11(2)8-12(16)3/h5-10,18H,4H2,1-3H3,(H,19,20). The van der Waals surface area contributed by atoms with E-state index < -0.39 is 16.0 Å². The normalized spacial score (nSPS) is 11.3. The number of aromatic carboxylic acids is 1. The summed E-state index contributed by atoms with van der Waals surface area (Å²) >= 11 is 0. The Labute approximate surface area is 136 Å². The van der Waals surface area contributed by atoms with Gasteiger partial charge in [-0.15, -0.1) is 0 Å². The highest BCUT2D eigenvalue weighted by Crippen LogP contribution is 2.23. The molecule has 5 nitrogen and oxygen atoms in total. The van der Waals surface area contributed by atoms with E-state index in [2.05, 4.69) is 4.72 Å². The summed E-state index contributed by atoms with van der Waals surface area (Å²) in [6.45, 7) is 5.28. The fourth-order valence-corrected chi connectivity index (χ4v) is 3.72. The van der Waals surface area contributed by atoms with Gasteiger partial charge in [-0.05, 0) is 55.2 Å². The van der Waals surface area contributed by atoms with Gasteiger partial charge in [0.25, 0.3) is 10.0 Å². The molecule has 0 saturated heterocycles. The maximum absolute atomic E-state index is 12.6. The Morgan fingerprint density at radius 3 is 2.43 bits per heavy atom. The number of benzene rings is 2. The molecule has 0 aromatic heterocycles. The van der Waals surface area contributed by atoms with Crippen molar-refractivity contribution in [2.75, 3.05) is 4.72 Å². The van der Waals surface area contributed by atoms with Gasteiger partial charge < -0.3 is 5.11 Å². The van der Waals surface area contributed by atoms with Gasteiger partial charge in [0.1, 0.15) is 0 Å². The summed E-state index contributed by atoms with van der Waals surface area (Å²) in [6.07, 6.45) is 0.794. The number of carbonyl (C=O) groups is 1. The molecule has 0 heterocycles. The third-order valence-electron chi connectivity index (χ3n) is 3.63. The fourth-order valence-electron chi connectivity index (χ4n) is 2.42. The number of aryl methyl sites for hydroxylation is 3. The first-order valence-corrected chi connectivity index (χ1v) is 8.69. The zero-order valence-corrected chi connectivity index (χ0v) is 14.1. The molecule has 0 saturated carbocycles. The molecule has 0 aliphatic heterocycles. The average Bonchev–Trinajstić information content (AvgIpc) is 2.46. The largest absolute Gasteiger partial charge is 0.478 e. The molecule has 0 bridgehead atoms. The third-order valence-corrected chi connectivity index (χ3v) is 5.15. The topological polar surface area (TPSA) is 83.5 Å². The number of carboxylic acid groups (broad SMARTS) is 1. The summed E-state index contributed by atoms with van der Waals surface area (Å²) in [5, 5.41) is 9.19. The van der Waals surface area contributed by atoms with E-state index >= 15 is 0 Å². The zero-order chi connectivity index (χ0) is 17.2. The lowest BCUT2D eigenvalue weighted by Gasteiger charge is -2.13. The summed E-state index contributed by atoms with van der Waals surface area (Å²) < 4.78 is 27.7. The Morgan fingerprint density at radius 2 is 1.83 bits per heavy atom. The SMILES string of the molecule is CCc1cccc(NS(=O)(=O)c2cc(C(=O)O)c(C)cc2C)c1. The summed E-state index contributed by atoms with van der Waals surface area (Å²) in [5.41, 5.74) is 2.49. The first-order valence-electron chi connectivity index (χ1n) is 7.21. The van der Waals surface area contributed by atoms with Gasteiger partial charge in [-0.1, -0.05) is 25.1 Å². The van der Waals surface area contributed by atoms with E-state index in [9.17, 15) is 18.3 Å². The molecule has 122 valence electrons. The molecular formula is C17H19NO4S. The lowest BCUT2D eigenvalue weighted by molar-refractivity contribution is 0.0696. The molecule has 0 fully saturated rings. The van der Waals surface area contributed by atoms with Gasteiger partial charge in [0.2, 0.25) is 0 Å². The van der Waals surface area contributed by atoms with Gasteiger partial charge in [0, 0.05) is 5.69 Å². The predicted molar refractivity (Wildman–Crippen MR) is 89.5 cm³/mol. The smallest absolute Gasteiger partial charge is 0.335 e. The van der Waals surface area contributed by atoms with Crippen molar-refractivity contribution < 1.29 is 18.3 Å². The predicted octanol–water partition coefficient (Wildman–Crippen LogP) is 3.36. The second kappa shape index (κ2) is 6.42. The van der Waals surface area contributed by atoms with E-state index in [0.29, 0.717) is 16.8 Å². The lowest BCUT2D eigenvalue weighted by Crippen LogP contribution is -2.16. The molecule has 2 rings (SSSR count). The number of hydrogen-bond donors (Lipinski definition) is 2. The molecule has 0 atom stereocenters. The average molecular weight is 333 g/mol. The van der Waals surface area contributed by atoms with Crippen LogP contribution in [0.5, 0.6) is 0 Å². The van der Waals surface area contributed by atoms with Gasteiger partial charge in [-0.3, -0.25) is 4.72 Å². The molecule has 6 heteroatoms. The molecule has 0 radical (unpaired) electrons. The quantitative estimate of drug-likeness (QED) is 0.879. The van der Waals surface area contributed by atoms with Crippen LogP contribution < -0.4 is 4.72 Å². The highest BCUT2D eigenvalue weighted by Gasteiger charge is 2.21. The van der Waals surface area contributed by atoms with Crippen molar-refractivity contribution >= 4 is 21.7 Å². The van der Waals surface area contributed by atoms with Crippen molar-refractivity contribution in [3.63, 3.8) is 0 Å². The Kier molecular flexibility index (Phi) is 4.75. The Bertz CT molecular complexity index is 857. The minimum absolute atomic E-state index is 0.0155. The van der Waals surface area contributed by atoms with Crippen LogP contribution in [0.15, 0.2) is 41.3 Å². The highest BCUT2D eigenvalue weighted by atomic mass is 32.2. The third kappa shape index (κ3) is 3.71. The number of carboxylic acids is 1. The van der Waals surface area contributed by atoms with E-state index in [1.54, 1.807) is 38.1 Å². The van der Waals surface area contributed by atoms with Crippen molar-refractivity contribution in [3.05, 3.63) is 58.7 Å². The van der Waals surface area contributed by atoms with Crippen LogP contribution in [-0.2, 0) is 16.4 Å². The Balaban J connectivity index is 2.47. The molecule has 2 aromatic rings. The molecule has 0 spiro atoms. The minimum atomic E-state index is -3.86. The zero-order valence-electron chi connectivity index (χ0n) is 13.3. The van der Waals surface area contributed by atoms with Crippen molar-refractivity contribution in [3.8, 4) is 0 Å². The number of nitrogens with one attached hydrogen (secondary N) is 1. The molecule has 0 amide bonds. The van der Waals surface area contributed by atoms with Crippen LogP contribution in [0.3, 0.4) is 0 Å². The first-order chi connectivity index (χ1) is 10.7. The highest BCUT2D eigenvalue weighted by molar-refractivity contribution is 7.92. The minimum Gasteiger partial charge on any atom is -0.478 e. The summed E-state index contributed by atoms with van der Waals surface area (Å²) in [5.74, 6) is -1.15. The van der Waals surface area contributed by atoms with Crippen LogP contribution in [0.4, 0.5) is 5.69 Å². The van der Waals surface area contributed by atoms with Crippen LogP contribution in [0.25, 0.3) is 0 Å². The molecular weight excluding hydrogens is 314 g/mol. The number of rotatable bonds is 5. The van der Waals surface area contributed by atoms with E-state index in [-0.39, 0.29) is 10.5 Å². The fraction of sp³-hybridized carbons (Fsp3) is 0.235. The second-order valence-corrected chi connectivity index (χ2v) is 7.05. The van der Waals surface area contributed by atoms with Crippen molar-refractivity contribution in [2.24, 2.45) is 0 Å². The second-order valence-electron chi connectivity index (χ2n) is 5.40. The number of hydrogen-bond acceptors (Lipinski definition) is 3. The van der Waals surface area contributed by atoms with Gasteiger partial charge >= 0.3 is 5.97 Å². The first kappa shape index (κ1) is 17.0. The van der Waals surface area contributed by atoms with Crippen molar-refractivity contribution in [2.45, 2.75) is 32.1 Å². The molecule has 2 N–H and O–H groups in total. The summed E-state index contributed by atoms with van der Waals surface area (Å²) in [4.78, 5) is 11.2. The Morgan fingerprint density at radius 1 is 1.13 bits per heavy atom. The van der Waals surface area contributed by atoms with Gasteiger partial charge in [-0.25, -0.2) is 13.2 Å². The molecule has 23 heavy (non-hydrogen) atoms. The van der Waals surface area contributed by atoms with E-state index in [4.69, 9.17) is 0 Å². The molecule has 0 unspecified atom stereocenters. The Hall–Kier alpha value is -2.34. The van der Waals surface area contributed by atoms with E-state index in [1.807, 2.05) is 13.0 Å². The molecule has 0 aliphatic carbocycles. The van der Waals surface area contributed by atoms with Gasteiger partial charge in [0.05, 0.1) is 10.5 Å². The monoisotopic (exact) mass is 333 g/mol. The number of anilines is 1. The van der Waals surface area contributed by atoms with Crippen LogP contribution in [0.1, 0.15) is 34.0 Å². The molecule has 2 aromatic carbocycles. The maximum Gasteiger partial charge on any atom is 0.335 e. The van der Waals surface area contributed by atoms with E-state index in [1.165, 1.54) is 6.07 Å². The van der Waals surface area contributed by atoms with Gasteiger partial charge in [-0.2, -0.15) is 0 Å². The van der Waals surface area contributed by atoms with Crippen LogP contribution in [-0.4, -0.2) is 19.5 Å². The van der Waals surface area contributed by atoms with Crippen LogP contribution in [0.2, 0.25) is 0 Å². The number of sulfonamides is 1. The molecule has 0 aliphatic rings. The maximum atomic E-state index is 12.6. The summed E-state index contributed by atoms with van der Waals surface area (Å²) in [7, 11) is -3.86. The van der Waals surface area contributed by atoms with Crippen molar-refractivity contribution in [1.29, 1.82) is 0 Å². The van der Waals surface area contributed by atoms with Crippen LogP contribution >= 0.6 is 0 Å². The summed E-state index contributed by atoms with van der Waals surface area (Å²) in [6, 6.07) is 9.90. The van der Waals surface area contributed by atoms with Crippen LogP contribution in [0, 0.1) is 13.8 Å². The van der Waals surface area contributed by atoms with Gasteiger partial charge in [0.15, 0.2) is 0 Å².